The summed E-state index contributed by atoms with van der Waals surface area (Å²) in [6.07, 6.45) is 1.84. The van der Waals surface area contributed by atoms with Crippen molar-refractivity contribution in [2.75, 3.05) is 13.7 Å². The summed E-state index contributed by atoms with van der Waals surface area (Å²) in [5.74, 6) is 0. The summed E-state index contributed by atoms with van der Waals surface area (Å²) < 4.78 is 7.03. The normalized spacial score (nSPS) is 12.0. The number of ether oxygens (including phenoxy) is 1. The van der Waals surface area contributed by atoms with Crippen LogP contribution in [0, 0.1) is 0 Å². The predicted octanol–water partition coefficient (Wildman–Crippen LogP) is 1.83. The van der Waals surface area contributed by atoms with Gasteiger partial charge in [-0.1, -0.05) is 20.8 Å². The summed E-state index contributed by atoms with van der Waals surface area (Å²) in [6.45, 7) is 8.11. The number of hydrogen-bond donors (Lipinski definition) is 0. The summed E-state index contributed by atoms with van der Waals surface area (Å²) in [5, 5.41) is 4.26. The van der Waals surface area contributed by atoms with Crippen molar-refractivity contribution >= 4 is 0 Å². The van der Waals surface area contributed by atoms with Gasteiger partial charge < -0.3 is 4.74 Å². The van der Waals surface area contributed by atoms with Crippen molar-refractivity contribution in [2.24, 2.45) is 0 Å². The fourth-order valence-electron chi connectivity index (χ4n) is 1.33. The average molecular weight is 182 g/mol. The highest BCUT2D eigenvalue weighted by molar-refractivity contribution is 5.11. The Morgan fingerprint density at radius 2 is 2.15 bits per heavy atom. The van der Waals surface area contributed by atoms with E-state index in [4.69, 9.17) is 4.74 Å². The molecule has 3 heteroatoms. The fraction of sp³-hybridized carbons (Fsp3) is 0.700. The Kier molecular flexibility index (Phi) is 3.09. The molecule has 1 rings (SSSR count). The van der Waals surface area contributed by atoms with E-state index < -0.39 is 0 Å². The Bertz CT molecular complexity index is 260. The van der Waals surface area contributed by atoms with Gasteiger partial charge in [0, 0.05) is 24.4 Å². The maximum absolute atomic E-state index is 5.02. The number of rotatable bonds is 3. The van der Waals surface area contributed by atoms with Gasteiger partial charge in [-0.3, -0.25) is 4.68 Å². The first-order chi connectivity index (χ1) is 6.05. The summed E-state index contributed by atoms with van der Waals surface area (Å²) >= 11 is 0. The number of hydrogen-bond acceptors (Lipinski definition) is 2. The first-order valence-electron chi connectivity index (χ1n) is 4.57. The van der Waals surface area contributed by atoms with E-state index in [-0.39, 0.29) is 5.41 Å². The highest BCUT2D eigenvalue weighted by Gasteiger charge is 2.17. The molecular formula is C10H18N2O. The number of aromatic nitrogens is 2. The Labute approximate surface area is 79.7 Å². The maximum Gasteiger partial charge on any atom is 0.0658 e. The molecule has 13 heavy (non-hydrogen) atoms. The summed E-state index contributed by atoms with van der Waals surface area (Å²) in [7, 11) is 1.71. The lowest BCUT2D eigenvalue weighted by molar-refractivity contribution is 0.181. The molecule has 0 radical (unpaired) electrons. The van der Waals surface area contributed by atoms with Crippen molar-refractivity contribution in [1.29, 1.82) is 0 Å². The van der Waals surface area contributed by atoms with Crippen LogP contribution in [-0.4, -0.2) is 23.5 Å². The minimum Gasteiger partial charge on any atom is -0.383 e. The second-order valence-corrected chi connectivity index (χ2v) is 4.18. The Balaban J connectivity index is 2.77. The van der Waals surface area contributed by atoms with Gasteiger partial charge in [-0.25, -0.2) is 0 Å². The summed E-state index contributed by atoms with van der Waals surface area (Å²) in [4.78, 5) is 0. The zero-order chi connectivity index (χ0) is 9.90. The van der Waals surface area contributed by atoms with Gasteiger partial charge in [0.25, 0.3) is 0 Å². The Morgan fingerprint density at radius 3 is 2.69 bits per heavy atom. The molecule has 0 saturated heterocycles. The van der Waals surface area contributed by atoms with E-state index in [1.807, 2.05) is 10.9 Å². The topological polar surface area (TPSA) is 27.1 Å². The standard InChI is InChI=1S/C10H18N2O/c1-10(2,3)9-5-6-11-12(9)7-8-13-4/h5-6H,7-8H2,1-4H3. The molecule has 0 unspecified atom stereocenters. The minimum absolute atomic E-state index is 0.157. The van der Waals surface area contributed by atoms with Gasteiger partial charge in [-0.05, 0) is 6.07 Å². The van der Waals surface area contributed by atoms with Crippen LogP contribution in [0.1, 0.15) is 26.5 Å². The molecule has 0 atom stereocenters. The first-order valence-corrected chi connectivity index (χ1v) is 4.57. The SMILES string of the molecule is COCCn1nccc1C(C)(C)C. The van der Waals surface area contributed by atoms with Gasteiger partial charge >= 0.3 is 0 Å². The third-order valence-electron chi connectivity index (χ3n) is 1.99. The summed E-state index contributed by atoms with van der Waals surface area (Å²) in [5.41, 5.74) is 1.41. The smallest absolute Gasteiger partial charge is 0.0658 e. The highest BCUT2D eigenvalue weighted by atomic mass is 16.5. The molecule has 0 aliphatic heterocycles. The molecule has 0 amide bonds. The Hall–Kier alpha value is -0.830. The van der Waals surface area contributed by atoms with Gasteiger partial charge in [0.15, 0.2) is 0 Å². The molecule has 3 nitrogen and oxygen atoms in total. The monoisotopic (exact) mass is 182 g/mol. The second kappa shape index (κ2) is 3.92. The molecular weight excluding hydrogens is 164 g/mol. The van der Waals surface area contributed by atoms with Gasteiger partial charge in [0.1, 0.15) is 0 Å². The molecule has 1 heterocycles. The molecule has 0 aromatic carbocycles. The van der Waals surface area contributed by atoms with Crippen molar-refractivity contribution in [3.63, 3.8) is 0 Å². The van der Waals surface area contributed by atoms with Gasteiger partial charge in [-0.2, -0.15) is 5.10 Å². The van der Waals surface area contributed by atoms with Crippen LogP contribution in [0.25, 0.3) is 0 Å². The Morgan fingerprint density at radius 1 is 1.46 bits per heavy atom. The largest absolute Gasteiger partial charge is 0.383 e. The molecule has 0 fully saturated rings. The van der Waals surface area contributed by atoms with E-state index in [0.29, 0.717) is 6.61 Å². The first kappa shape index (κ1) is 10.3. The van der Waals surface area contributed by atoms with E-state index >= 15 is 0 Å². The van der Waals surface area contributed by atoms with E-state index in [2.05, 4.69) is 31.9 Å². The quantitative estimate of drug-likeness (QED) is 0.713. The van der Waals surface area contributed by atoms with E-state index in [9.17, 15) is 0 Å². The number of nitrogens with zero attached hydrogens (tertiary/aromatic N) is 2. The molecule has 1 aromatic rings. The van der Waals surface area contributed by atoms with E-state index in [1.165, 1.54) is 5.69 Å². The van der Waals surface area contributed by atoms with E-state index in [0.717, 1.165) is 6.54 Å². The maximum atomic E-state index is 5.02. The minimum atomic E-state index is 0.157. The van der Waals surface area contributed by atoms with Crippen LogP contribution >= 0.6 is 0 Å². The lowest BCUT2D eigenvalue weighted by Crippen LogP contribution is -2.19. The van der Waals surface area contributed by atoms with Crippen LogP contribution in [0.5, 0.6) is 0 Å². The fourth-order valence-corrected chi connectivity index (χ4v) is 1.33. The van der Waals surface area contributed by atoms with Crippen LogP contribution < -0.4 is 0 Å². The van der Waals surface area contributed by atoms with Gasteiger partial charge in [0.2, 0.25) is 0 Å². The molecule has 0 aliphatic carbocycles. The van der Waals surface area contributed by atoms with Crippen LogP contribution in [0.2, 0.25) is 0 Å². The zero-order valence-electron chi connectivity index (χ0n) is 8.87. The van der Waals surface area contributed by atoms with Gasteiger partial charge in [-0.15, -0.1) is 0 Å². The average Bonchev–Trinajstić information content (AvgIpc) is 2.47. The lowest BCUT2D eigenvalue weighted by atomic mass is 9.92. The lowest BCUT2D eigenvalue weighted by Gasteiger charge is -2.19. The molecule has 0 aliphatic rings. The van der Waals surface area contributed by atoms with Crippen molar-refractivity contribution in [3.05, 3.63) is 18.0 Å². The third-order valence-corrected chi connectivity index (χ3v) is 1.99. The second-order valence-electron chi connectivity index (χ2n) is 4.18. The van der Waals surface area contributed by atoms with Crippen molar-refractivity contribution < 1.29 is 4.74 Å². The van der Waals surface area contributed by atoms with Crippen LogP contribution in [0.15, 0.2) is 12.3 Å². The zero-order valence-corrected chi connectivity index (χ0v) is 8.87. The molecule has 74 valence electrons. The highest BCUT2D eigenvalue weighted by Crippen LogP contribution is 2.21. The van der Waals surface area contributed by atoms with Crippen LogP contribution in [0.3, 0.4) is 0 Å². The van der Waals surface area contributed by atoms with Crippen LogP contribution in [-0.2, 0) is 16.7 Å². The van der Waals surface area contributed by atoms with Gasteiger partial charge in [0.05, 0.1) is 13.2 Å². The van der Waals surface area contributed by atoms with Crippen molar-refractivity contribution in [3.8, 4) is 0 Å². The third kappa shape index (κ3) is 2.56. The summed E-state index contributed by atoms with van der Waals surface area (Å²) in [6, 6.07) is 2.07. The molecule has 0 N–H and O–H groups in total. The molecule has 0 spiro atoms. The van der Waals surface area contributed by atoms with Crippen molar-refractivity contribution in [1.82, 2.24) is 9.78 Å². The predicted molar refractivity (Wildman–Crippen MR) is 52.8 cm³/mol. The molecule has 0 bridgehead atoms. The molecule has 1 aromatic heterocycles. The van der Waals surface area contributed by atoms with Crippen molar-refractivity contribution in [2.45, 2.75) is 32.7 Å². The number of methoxy groups -OCH3 is 1. The van der Waals surface area contributed by atoms with E-state index in [1.54, 1.807) is 7.11 Å². The molecule has 0 saturated carbocycles. The van der Waals surface area contributed by atoms with Crippen LogP contribution in [0.4, 0.5) is 0 Å².